The maximum absolute atomic E-state index is 14.8. The highest BCUT2D eigenvalue weighted by Gasteiger charge is 2.29. The zero-order valence-electron chi connectivity index (χ0n) is 25.8. The molecule has 43 heavy (non-hydrogen) atoms. The smallest absolute Gasteiger partial charge is 0.169 e. The van der Waals surface area contributed by atoms with Crippen molar-refractivity contribution in [1.82, 2.24) is 4.90 Å². The number of benzene rings is 3. The summed E-state index contributed by atoms with van der Waals surface area (Å²) in [5.41, 5.74) is 9.62. The molecule has 0 aromatic heterocycles. The molecule has 3 aromatic rings. The van der Waals surface area contributed by atoms with E-state index in [2.05, 4.69) is 67.1 Å². The van der Waals surface area contributed by atoms with Gasteiger partial charge in [0.25, 0.3) is 0 Å². The van der Waals surface area contributed by atoms with Gasteiger partial charge >= 0.3 is 0 Å². The zero-order chi connectivity index (χ0) is 30.1. The van der Waals surface area contributed by atoms with Crippen LogP contribution in [0.15, 0.2) is 79.5 Å². The highest BCUT2D eigenvalue weighted by atomic mass is 19.1. The molecule has 2 aliphatic heterocycles. The second kappa shape index (κ2) is 12.4. The Hall–Kier alpha value is -3.83. The molecule has 2 heterocycles. The Balaban J connectivity index is 1.18. The van der Waals surface area contributed by atoms with Crippen LogP contribution in [0, 0.1) is 25.6 Å². The van der Waals surface area contributed by atoms with Crippen LogP contribution in [0.2, 0.25) is 0 Å². The molecule has 3 aromatic carbocycles. The van der Waals surface area contributed by atoms with Gasteiger partial charge in [0, 0.05) is 48.7 Å². The highest BCUT2D eigenvalue weighted by Crippen LogP contribution is 2.43. The molecule has 224 valence electrons. The molecule has 1 aliphatic carbocycles. The van der Waals surface area contributed by atoms with Gasteiger partial charge in [-0.25, -0.2) is 4.39 Å². The van der Waals surface area contributed by atoms with Crippen molar-refractivity contribution in [2.45, 2.75) is 52.6 Å². The number of rotatable bonds is 9. The van der Waals surface area contributed by atoms with Crippen LogP contribution < -0.4 is 14.4 Å². The molecule has 0 saturated heterocycles. The summed E-state index contributed by atoms with van der Waals surface area (Å²) in [6.45, 7) is 18.8. The predicted octanol–water partition coefficient (Wildman–Crippen LogP) is 8.90. The number of ether oxygens (including phenoxy) is 2. The van der Waals surface area contributed by atoms with Crippen molar-refractivity contribution in [2.24, 2.45) is 5.92 Å². The molecule has 6 rings (SSSR count). The van der Waals surface area contributed by atoms with Crippen LogP contribution >= 0.6 is 0 Å². The molecule has 5 heteroatoms. The van der Waals surface area contributed by atoms with E-state index in [-0.39, 0.29) is 12.4 Å². The fourth-order valence-electron chi connectivity index (χ4n) is 6.33. The van der Waals surface area contributed by atoms with Gasteiger partial charge in [0.2, 0.25) is 0 Å². The minimum atomic E-state index is -0.480. The fourth-order valence-corrected chi connectivity index (χ4v) is 6.33. The van der Waals surface area contributed by atoms with Gasteiger partial charge in [0.1, 0.15) is 12.4 Å². The Morgan fingerprint density at radius 1 is 1.07 bits per heavy atom. The van der Waals surface area contributed by atoms with E-state index in [0.29, 0.717) is 11.3 Å². The first-order chi connectivity index (χ1) is 20.8. The minimum absolute atomic E-state index is 0.254. The van der Waals surface area contributed by atoms with Gasteiger partial charge in [-0.15, -0.1) is 0 Å². The quantitative estimate of drug-likeness (QED) is 0.253. The molecule has 0 spiro atoms. The van der Waals surface area contributed by atoms with Crippen molar-refractivity contribution in [3.63, 3.8) is 0 Å². The van der Waals surface area contributed by atoms with Crippen molar-refractivity contribution in [3.8, 4) is 11.5 Å². The molecule has 1 saturated carbocycles. The Bertz CT molecular complexity index is 1570. The van der Waals surface area contributed by atoms with Gasteiger partial charge in [-0.2, -0.15) is 0 Å². The summed E-state index contributed by atoms with van der Waals surface area (Å²) in [6, 6.07) is 18.0. The van der Waals surface area contributed by atoms with E-state index >= 15 is 0 Å². The summed E-state index contributed by atoms with van der Waals surface area (Å²) >= 11 is 0. The summed E-state index contributed by atoms with van der Waals surface area (Å²) in [5, 5.41) is 0. The maximum atomic E-state index is 14.8. The molecule has 1 fully saturated rings. The summed E-state index contributed by atoms with van der Waals surface area (Å²) < 4.78 is 27.3. The van der Waals surface area contributed by atoms with Crippen molar-refractivity contribution < 1.29 is 13.9 Å². The molecule has 0 bridgehead atoms. The Morgan fingerprint density at radius 3 is 2.60 bits per heavy atom. The van der Waals surface area contributed by atoms with Crippen LogP contribution in [0.5, 0.6) is 11.5 Å². The van der Waals surface area contributed by atoms with Crippen LogP contribution in [-0.4, -0.2) is 37.7 Å². The number of para-hydroxylation sites is 1. The Labute approximate surface area is 256 Å². The molecule has 4 nitrogen and oxygen atoms in total. The number of hydrogen-bond donors (Lipinski definition) is 0. The van der Waals surface area contributed by atoms with E-state index in [1.54, 1.807) is 6.07 Å². The van der Waals surface area contributed by atoms with Crippen molar-refractivity contribution in [1.29, 1.82) is 0 Å². The van der Waals surface area contributed by atoms with Gasteiger partial charge in [0.05, 0.1) is 0 Å². The number of halogens is 1. The molecular formula is C38H43FN2O2. The number of anilines is 1. The lowest BCUT2D eigenvalue weighted by atomic mass is 9.84. The van der Waals surface area contributed by atoms with Crippen molar-refractivity contribution in [2.75, 3.05) is 37.7 Å². The second-order valence-corrected chi connectivity index (χ2v) is 12.5. The number of fused-ring (bicyclic) bond motifs is 1. The average Bonchev–Trinajstić information content (AvgIpc) is 2.97. The van der Waals surface area contributed by atoms with E-state index in [9.17, 15) is 4.39 Å². The first kappa shape index (κ1) is 29.3. The van der Waals surface area contributed by atoms with E-state index in [1.807, 2.05) is 31.2 Å². The fraction of sp³-hybridized carbons (Fsp3) is 0.368. The third-order valence-corrected chi connectivity index (χ3v) is 9.22. The normalized spacial score (nSPS) is 18.5. The summed E-state index contributed by atoms with van der Waals surface area (Å²) in [5.74, 6) is 1.90. The molecule has 0 amide bonds. The molecular weight excluding hydrogens is 535 g/mol. The average molecular weight is 579 g/mol. The lowest BCUT2D eigenvalue weighted by Gasteiger charge is -2.38. The number of hydrogen-bond acceptors (Lipinski definition) is 4. The molecule has 1 atom stereocenters. The standard InChI is InChI=1S/C38H43FN2O2/c1-25(2)31-14-13-27(4)35(21-31)41(23-29-8-6-9-29)28(5)22-40-18-16-30(17-19-40)32-10-7-11-36-38(32)43-37(24-42-36)33-15-12-26(3)20-34(33)39/h7,10-16,20-21,29,37H,1,5-6,8-9,17-19,22-24H2,2-4H3. The van der Waals surface area contributed by atoms with E-state index in [4.69, 9.17) is 9.47 Å². The highest BCUT2D eigenvalue weighted by molar-refractivity contribution is 5.74. The van der Waals surface area contributed by atoms with E-state index in [1.165, 1.54) is 41.6 Å². The first-order valence-corrected chi connectivity index (χ1v) is 15.6. The summed E-state index contributed by atoms with van der Waals surface area (Å²) in [7, 11) is 0. The topological polar surface area (TPSA) is 24.9 Å². The minimum Gasteiger partial charge on any atom is -0.485 e. The molecule has 1 unspecified atom stereocenters. The molecule has 0 N–H and O–H groups in total. The lowest BCUT2D eigenvalue weighted by molar-refractivity contribution is 0.0882. The first-order valence-electron chi connectivity index (χ1n) is 15.6. The SMILES string of the molecule is C=C(C)c1ccc(C)c(N(CC2CCC2)C(=C)CN2CC=C(c3cccc4c3OC(c3ccc(C)cc3F)CO4)CC2)c1. The van der Waals surface area contributed by atoms with Crippen LogP contribution in [0.1, 0.15) is 66.5 Å². The molecule has 3 aliphatic rings. The van der Waals surface area contributed by atoms with Crippen LogP contribution in [0.3, 0.4) is 0 Å². The third kappa shape index (κ3) is 6.28. The monoisotopic (exact) mass is 578 g/mol. The van der Waals surface area contributed by atoms with Crippen LogP contribution in [0.4, 0.5) is 10.1 Å². The maximum Gasteiger partial charge on any atom is 0.169 e. The number of allylic oxidation sites excluding steroid dienone is 1. The number of aryl methyl sites for hydroxylation is 2. The Morgan fingerprint density at radius 2 is 1.91 bits per heavy atom. The largest absolute Gasteiger partial charge is 0.485 e. The van der Waals surface area contributed by atoms with E-state index < -0.39 is 6.10 Å². The van der Waals surface area contributed by atoms with Gasteiger partial charge < -0.3 is 14.4 Å². The van der Waals surface area contributed by atoms with E-state index in [0.717, 1.165) is 66.7 Å². The lowest BCUT2D eigenvalue weighted by Crippen LogP contribution is -2.38. The van der Waals surface area contributed by atoms with Crippen molar-refractivity contribution in [3.05, 3.63) is 113 Å². The van der Waals surface area contributed by atoms with Crippen molar-refractivity contribution >= 4 is 16.8 Å². The van der Waals surface area contributed by atoms with Gasteiger partial charge in [0.15, 0.2) is 17.6 Å². The zero-order valence-corrected chi connectivity index (χ0v) is 25.8. The Kier molecular flexibility index (Phi) is 8.45. The summed E-state index contributed by atoms with van der Waals surface area (Å²) in [6.07, 6.45) is 6.63. The van der Waals surface area contributed by atoms with Gasteiger partial charge in [-0.05, 0) is 86.4 Å². The van der Waals surface area contributed by atoms with Crippen LogP contribution in [-0.2, 0) is 0 Å². The predicted molar refractivity (Wildman–Crippen MR) is 175 cm³/mol. The van der Waals surface area contributed by atoms with Gasteiger partial charge in [-0.3, -0.25) is 4.90 Å². The third-order valence-electron chi connectivity index (χ3n) is 9.22. The second-order valence-electron chi connectivity index (χ2n) is 12.5. The summed E-state index contributed by atoms with van der Waals surface area (Å²) in [4.78, 5) is 4.93. The van der Waals surface area contributed by atoms with Gasteiger partial charge in [-0.1, -0.05) is 67.6 Å². The van der Waals surface area contributed by atoms with Crippen LogP contribution in [0.25, 0.3) is 11.1 Å². The molecule has 0 radical (unpaired) electrons. The number of nitrogens with zero attached hydrogens (tertiary/aromatic N) is 2.